The van der Waals surface area contributed by atoms with Crippen molar-refractivity contribution in [3.05, 3.63) is 30.1 Å². The van der Waals surface area contributed by atoms with Crippen LogP contribution < -0.4 is 5.73 Å². The Labute approximate surface area is 108 Å². The number of fused-ring (bicyclic) bond motifs is 1. The van der Waals surface area contributed by atoms with Gasteiger partial charge in [-0.3, -0.25) is 0 Å². The van der Waals surface area contributed by atoms with Crippen LogP contribution in [0.15, 0.2) is 24.3 Å². The normalized spacial score (nSPS) is 13.1. The highest BCUT2D eigenvalue weighted by Gasteiger charge is 2.16. The van der Waals surface area contributed by atoms with E-state index in [0.717, 1.165) is 30.7 Å². The monoisotopic (exact) mass is 247 g/mol. The zero-order valence-electron chi connectivity index (χ0n) is 11.1. The Morgan fingerprint density at radius 1 is 1.39 bits per heavy atom. The number of benzene rings is 1. The predicted octanol–water partition coefficient (Wildman–Crippen LogP) is 2.48. The van der Waals surface area contributed by atoms with E-state index >= 15 is 0 Å². The fraction of sp³-hybridized carbons (Fsp3) is 0.500. The van der Waals surface area contributed by atoms with Gasteiger partial charge < -0.3 is 15.0 Å². The maximum atomic E-state index is 6.21. The molecule has 1 aromatic carbocycles. The smallest absolute Gasteiger partial charge is 0.126 e. The Morgan fingerprint density at radius 3 is 2.89 bits per heavy atom. The molecule has 0 fully saturated rings. The molecule has 1 unspecified atom stereocenters. The zero-order valence-corrected chi connectivity index (χ0v) is 11.1. The molecular formula is C14H21N3O. The first-order chi connectivity index (χ1) is 8.77. The minimum Gasteiger partial charge on any atom is -0.385 e. The molecule has 0 aliphatic carbocycles. The van der Waals surface area contributed by atoms with Crippen LogP contribution in [0.3, 0.4) is 0 Å². The van der Waals surface area contributed by atoms with E-state index in [1.807, 2.05) is 18.2 Å². The summed E-state index contributed by atoms with van der Waals surface area (Å²) in [5.41, 5.74) is 8.40. The van der Waals surface area contributed by atoms with Gasteiger partial charge in [-0.15, -0.1) is 0 Å². The molecule has 2 N–H and O–H groups in total. The number of imidazole rings is 1. The van der Waals surface area contributed by atoms with Crippen molar-refractivity contribution in [2.75, 3.05) is 13.7 Å². The first kappa shape index (κ1) is 13.1. The summed E-state index contributed by atoms with van der Waals surface area (Å²) in [6, 6.07) is 8.12. The summed E-state index contributed by atoms with van der Waals surface area (Å²) in [5, 5.41) is 0. The molecule has 4 nitrogen and oxygen atoms in total. The third-order valence-corrected chi connectivity index (χ3v) is 3.10. The van der Waals surface area contributed by atoms with Crippen LogP contribution in [0.4, 0.5) is 0 Å². The van der Waals surface area contributed by atoms with Gasteiger partial charge in [0, 0.05) is 20.3 Å². The van der Waals surface area contributed by atoms with Crippen molar-refractivity contribution in [1.82, 2.24) is 9.55 Å². The highest BCUT2D eigenvalue weighted by molar-refractivity contribution is 5.76. The minimum absolute atomic E-state index is 0.0658. The highest BCUT2D eigenvalue weighted by Crippen LogP contribution is 2.21. The molecule has 0 amide bonds. The quantitative estimate of drug-likeness (QED) is 0.853. The van der Waals surface area contributed by atoms with Gasteiger partial charge in [-0.1, -0.05) is 19.1 Å². The molecule has 0 aliphatic rings. The number of ether oxygens (including phenoxy) is 1. The van der Waals surface area contributed by atoms with Gasteiger partial charge in [0.05, 0.1) is 17.1 Å². The van der Waals surface area contributed by atoms with Gasteiger partial charge in [0.2, 0.25) is 0 Å². The lowest BCUT2D eigenvalue weighted by atomic mass is 10.2. The predicted molar refractivity (Wildman–Crippen MR) is 73.4 cm³/mol. The van der Waals surface area contributed by atoms with Crippen LogP contribution in [0.5, 0.6) is 0 Å². The van der Waals surface area contributed by atoms with Crippen molar-refractivity contribution < 1.29 is 4.74 Å². The molecule has 0 saturated heterocycles. The van der Waals surface area contributed by atoms with Gasteiger partial charge in [-0.05, 0) is 25.0 Å². The lowest BCUT2D eigenvalue weighted by Gasteiger charge is -2.13. The topological polar surface area (TPSA) is 53.1 Å². The molecule has 0 spiro atoms. The van der Waals surface area contributed by atoms with Crippen LogP contribution in [-0.4, -0.2) is 23.3 Å². The Kier molecular flexibility index (Phi) is 4.33. The van der Waals surface area contributed by atoms with Gasteiger partial charge in [0.1, 0.15) is 5.82 Å². The molecule has 1 atom stereocenters. The fourth-order valence-electron chi connectivity index (χ4n) is 2.21. The third-order valence-electron chi connectivity index (χ3n) is 3.10. The van der Waals surface area contributed by atoms with E-state index in [4.69, 9.17) is 10.5 Å². The van der Waals surface area contributed by atoms with Crippen LogP contribution >= 0.6 is 0 Å². The number of hydrogen-bond acceptors (Lipinski definition) is 3. The average molecular weight is 247 g/mol. The lowest BCUT2D eigenvalue weighted by molar-refractivity contribution is 0.186. The lowest BCUT2D eigenvalue weighted by Crippen LogP contribution is -2.18. The van der Waals surface area contributed by atoms with Crippen LogP contribution in [0, 0.1) is 0 Å². The van der Waals surface area contributed by atoms with Crippen molar-refractivity contribution >= 4 is 11.0 Å². The molecule has 2 rings (SSSR count). The number of nitrogens with zero attached hydrogens (tertiary/aromatic N) is 2. The molecule has 18 heavy (non-hydrogen) atoms. The molecule has 0 bridgehead atoms. The van der Waals surface area contributed by atoms with Crippen LogP contribution in [0.2, 0.25) is 0 Å². The largest absolute Gasteiger partial charge is 0.385 e. The SMILES string of the molecule is CCCn1c(C(N)CCOC)nc2ccccc21. The van der Waals surface area contributed by atoms with Crippen LogP contribution in [0.1, 0.15) is 31.6 Å². The number of methoxy groups -OCH3 is 1. The van der Waals surface area contributed by atoms with Gasteiger partial charge in [0.25, 0.3) is 0 Å². The molecular weight excluding hydrogens is 226 g/mol. The average Bonchev–Trinajstić information content (AvgIpc) is 2.76. The van der Waals surface area contributed by atoms with Gasteiger partial charge in [0.15, 0.2) is 0 Å². The number of aromatic nitrogens is 2. The van der Waals surface area contributed by atoms with E-state index in [0.29, 0.717) is 6.61 Å². The molecule has 1 heterocycles. The number of para-hydroxylation sites is 2. The first-order valence-corrected chi connectivity index (χ1v) is 6.47. The molecule has 98 valence electrons. The van der Waals surface area contributed by atoms with E-state index in [9.17, 15) is 0 Å². The van der Waals surface area contributed by atoms with Crippen molar-refractivity contribution in [3.8, 4) is 0 Å². The Hall–Kier alpha value is -1.39. The zero-order chi connectivity index (χ0) is 13.0. The van der Waals surface area contributed by atoms with Crippen LogP contribution in [0.25, 0.3) is 11.0 Å². The van der Waals surface area contributed by atoms with E-state index < -0.39 is 0 Å². The molecule has 0 saturated carbocycles. The summed E-state index contributed by atoms with van der Waals surface area (Å²) >= 11 is 0. The highest BCUT2D eigenvalue weighted by atomic mass is 16.5. The van der Waals surface area contributed by atoms with Gasteiger partial charge in [-0.25, -0.2) is 4.98 Å². The number of hydrogen-bond donors (Lipinski definition) is 1. The maximum Gasteiger partial charge on any atom is 0.126 e. The van der Waals surface area contributed by atoms with E-state index in [1.165, 1.54) is 5.52 Å². The number of aryl methyl sites for hydroxylation is 1. The molecule has 1 aromatic heterocycles. The maximum absolute atomic E-state index is 6.21. The summed E-state index contributed by atoms with van der Waals surface area (Å²) in [6.07, 6.45) is 1.87. The van der Waals surface area contributed by atoms with Gasteiger partial charge >= 0.3 is 0 Å². The summed E-state index contributed by atoms with van der Waals surface area (Å²) < 4.78 is 7.32. The summed E-state index contributed by atoms with van der Waals surface area (Å²) in [5.74, 6) is 0.968. The van der Waals surface area contributed by atoms with E-state index in [1.54, 1.807) is 7.11 Å². The first-order valence-electron chi connectivity index (χ1n) is 6.47. The summed E-state index contributed by atoms with van der Waals surface area (Å²) in [4.78, 5) is 4.67. The van der Waals surface area contributed by atoms with E-state index in [-0.39, 0.29) is 6.04 Å². The third kappa shape index (κ3) is 2.54. The van der Waals surface area contributed by atoms with E-state index in [2.05, 4.69) is 22.5 Å². The molecule has 4 heteroatoms. The van der Waals surface area contributed by atoms with Crippen molar-refractivity contribution in [2.24, 2.45) is 5.73 Å². The Morgan fingerprint density at radius 2 is 2.17 bits per heavy atom. The van der Waals surface area contributed by atoms with Gasteiger partial charge in [-0.2, -0.15) is 0 Å². The second-order valence-corrected chi connectivity index (χ2v) is 4.50. The number of rotatable bonds is 6. The molecule has 0 radical (unpaired) electrons. The fourth-order valence-corrected chi connectivity index (χ4v) is 2.21. The standard InChI is InChI=1S/C14H21N3O/c1-3-9-17-13-7-5-4-6-12(13)16-14(17)11(15)8-10-18-2/h4-7,11H,3,8-10,15H2,1-2H3. The van der Waals surface area contributed by atoms with Crippen molar-refractivity contribution in [3.63, 3.8) is 0 Å². The molecule has 0 aliphatic heterocycles. The second kappa shape index (κ2) is 5.98. The Bertz CT molecular complexity index is 507. The molecule has 2 aromatic rings. The van der Waals surface area contributed by atoms with Crippen molar-refractivity contribution in [1.29, 1.82) is 0 Å². The minimum atomic E-state index is -0.0658. The van der Waals surface area contributed by atoms with Crippen LogP contribution in [-0.2, 0) is 11.3 Å². The summed E-state index contributed by atoms with van der Waals surface area (Å²) in [7, 11) is 1.70. The second-order valence-electron chi connectivity index (χ2n) is 4.50. The summed E-state index contributed by atoms with van der Waals surface area (Å²) in [6.45, 7) is 3.78. The van der Waals surface area contributed by atoms with Crippen molar-refractivity contribution in [2.45, 2.75) is 32.4 Å². The Balaban J connectivity index is 2.38. The number of nitrogens with two attached hydrogens (primary N) is 1.